The third kappa shape index (κ3) is 4.81. The highest BCUT2D eigenvalue weighted by molar-refractivity contribution is 5.86. The van der Waals surface area contributed by atoms with E-state index in [1.165, 1.54) is 5.56 Å². The van der Waals surface area contributed by atoms with E-state index in [0.717, 1.165) is 19.5 Å². The summed E-state index contributed by atoms with van der Waals surface area (Å²) in [6.07, 6.45) is 1.51. The second kappa shape index (κ2) is 7.54. The van der Waals surface area contributed by atoms with Crippen LogP contribution in [0.25, 0.3) is 0 Å². The maximum atomic E-state index is 12.0. The highest BCUT2D eigenvalue weighted by Gasteiger charge is 2.37. The summed E-state index contributed by atoms with van der Waals surface area (Å²) in [5.74, 6) is -0.0919. The van der Waals surface area contributed by atoms with Crippen molar-refractivity contribution in [3.8, 4) is 0 Å². The average molecular weight is 291 g/mol. The summed E-state index contributed by atoms with van der Waals surface area (Å²) < 4.78 is 5.20. The molecule has 0 aromatic heterocycles. The molecule has 2 rings (SSSR count). The van der Waals surface area contributed by atoms with Crippen molar-refractivity contribution in [3.63, 3.8) is 0 Å². The number of hydrogen-bond donors (Lipinski definition) is 2. The summed E-state index contributed by atoms with van der Waals surface area (Å²) in [5.41, 5.74) is 6.47. The van der Waals surface area contributed by atoms with Gasteiger partial charge in [0.25, 0.3) is 0 Å². The average Bonchev–Trinajstić information content (AvgIpc) is 2.92. The molecule has 1 aliphatic rings. The Kier molecular flexibility index (Phi) is 5.73. The van der Waals surface area contributed by atoms with Crippen LogP contribution in [0.1, 0.15) is 18.4 Å². The molecule has 5 nitrogen and oxygen atoms in total. The Morgan fingerprint density at radius 1 is 1.43 bits per heavy atom. The van der Waals surface area contributed by atoms with Crippen molar-refractivity contribution in [2.45, 2.75) is 24.9 Å². The highest BCUT2D eigenvalue weighted by Crippen LogP contribution is 2.15. The molecular weight excluding hydrogens is 266 g/mol. The van der Waals surface area contributed by atoms with Crippen molar-refractivity contribution in [3.05, 3.63) is 35.9 Å². The van der Waals surface area contributed by atoms with E-state index < -0.39 is 5.54 Å². The van der Waals surface area contributed by atoms with Gasteiger partial charge in [-0.1, -0.05) is 30.3 Å². The SMILES string of the molecule is CN(CCCNC(=O)C1(N)CCOC1)Cc1ccccc1. The third-order valence-corrected chi connectivity index (χ3v) is 3.80. The largest absolute Gasteiger partial charge is 0.379 e. The third-order valence-electron chi connectivity index (χ3n) is 3.80. The number of benzene rings is 1. The molecule has 1 aliphatic heterocycles. The summed E-state index contributed by atoms with van der Waals surface area (Å²) in [4.78, 5) is 14.2. The van der Waals surface area contributed by atoms with Crippen LogP contribution in [0.2, 0.25) is 0 Å². The van der Waals surface area contributed by atoms with Gasteiger partial charge in [0.15, 0.2) is 0 Å². The number of rotatable bonds is 7. The van der Waals surface area contributed by atoms with Gasteiger partial charge in [-0.3, -0.25) is 4.79 Å². The van der Waals surface area contributed by atoms with E-state index in [9.17, 15) is 4.79 Å². The van der Waals surface area contributed by atoms with Crippen molar-refractivity contribution in [1.82, 2.24) is 10.2 Å². The number of amides is 1. The predicted octanol–water partition coefficient (Wildman–Crippen LogP) is 0.743. The van der Waals surface area contributed by atoms with E-state index >= 15 is 0 Å². The van der Waals surface area contributed by atoms with Gasteiger partial charge < -0.3 is 20.7 Å². The zero-order valence-electron chi connectivity index (χ0n) is 12.7. The fourth-order valence-electron chi connectivity index (χ4n) is 2.46. The number of carbonyl (C=O) groups is 1. The maximum absolute atomic E-state index is 12.0. The molecule has 0 radical (unpaired) electrons. The van der Waals surface area contributed by atoms with Gasteiger partial charge in [-0.25, -0.2) is 0 Å². The number of nitrogens with zero attached hydrogens (tertiary/aromatic N) is 1. The van der Waals surface area contributed by atoms with Crippen molar-refractivity contribution < 1.29 is 9.53 Å². The first kappa shape index (κ1) is 15.9. The summed E-state index contributed by atoms with van der Waals surface area (Å²) in [5, 5.41) is 2.91. The van der Waals surface area contributed by atoms with E-state index in [1.807, 2.05) is 18.2 Å². The number of ether oxygens (including phenoxy) is 1. The number of nitrogens with two attached hydrogens (primary N) is 1. The summed E-state index contributed by atoms with van der Waals surface area (Å²) in [6, 6.07) is 10.4. The molecule has 0 bridgehead atoms. The molecule has 0 aliphatic carbocycles. The van der Waals surface area contributed by atoms with Crippen molar-refractivity contribution in [2.75, 3.05) is 33.4 Å². The van der Waals surface area contributed by atoms with Crippen molar-refractivity contribution >= 4 is 5.91 Å². The second-order valence-electron chi connectivity index (χ2n) is 5.79. The number of nitrogens with one attached hydrogen (secondary N) is 1. The normalized spacial score (nSPS) is 21.7. The summed E-state index contributed by atoms with van der Waals surface area (Å²) in [6.45, 7) is 3.40. The molecule has 3 N–H and O–H groups in total. The Bertz CT molecular complexity index is 444. The standard InChI is InChI=1S/C16H25N3O2/c1-19(12-14-6-3-2-4-7-14)10-5-9-18-15(20)16(17)8-11-21-13-16/h2-4,6-7H,5,8-13,17H2,1H3,(H,18,20). The molecule has 0 saturated carbocycles. The number of carbonyl (C=O) groups excluding carboxylic acids is 1. The molecule has 1 amide bonds. The molecule has 1 aromatic carbocycles. The molecule has 1 unspecified atom stereocenters. The highest BCUT2D eigenvalue weighted by atomic mass is 16.5. The zero-order valence-corrected chi connectivity index (χ0v) is 12.7. The van der Waals surface area contributed by atoms with Crippen molar-refractivity contribution in [1.29, 1.82) is 0 Å². The number of hydrogen-bond acceptors (Lipinski definition) is 4. The molecule has 1 aromatic rings. The molecular formula is C16H25N3O2. The first-order valence-corrected chi connectivity index (χ1v) is 7.47. The quantitative estimate of drug-likeness (QED) is 0.727. The molecule has 5 heteroatoms. The maximum Gasteiger partial charge on any atom is 0.242 e. The lowest BCUT2D eigenvalue weighted by Crippen LogP contribution is -2.54. The Balaban J connectivity index is 1.62. The molecule has 1 heterocycles. The van der Waals surface area contributed by atoms with Gasteiger partial charge in [-0.15, -0.1) is 0 Å². The van der Waals surface area contributed by atoms with E-state index in [0.29, 0.717) is 26.2 Å². The van der Waals surface area contributed by atoms with Gasteiger partial charge in [-0.2, -0.15) is 0 Å². The molecule has 116 valence electrons. The van der Waals surface area contributed by atoms with Crippen LogP contribution in [0.4, 0.5) is 0 Å². The second-order valence-corrected chi connectivity index (χ2v) is 5.79. The smallest absolute Gasteiger partial charge is 0.242 e. The molecule has 1 fully saturated rings. The summed E-state index contributed by atoms with van der Waals surface area (Å²) in [7, 11) is 2.09. The van der Waals surface area contributed by atoms with Crippen molar-refractivity contribution in [2.24, 2.45) is 5.73 Å². The van der Waals surface area contributed by atoms with E-state index in [2.05, 4.69) is 29.4 Å². The van der Waals surface area contributed by atoms with Gasteiger partial charge in [0, 0.05) is 19.7 Å². The van der Waals surface area contributed by atoms with Gasteiger partial charge in [-0.05, 0) is 32.0 Å². The lowest BCUT2D eigenvalue weighted by Gasteiger charge is -2.21. The fraction of sp³-hybridized carbons (Fsp3) is 0.562. The molecule has 0 spiro atoms. The Morgan fingerprint density at radius 3 is 2.86 bits per heavy atom. The fourth-order valence-corrected chi connectivity index (χ4v) is 2.46. The van der Waals surface area contributed by atoms with Crippen LogP contribution < -0.4 is 11.1 Å². The van der Waals surface area contributed by atoms with E-state index in [4.69, 9.17) is 10.5 Å². The first-order chi connectivity index (χ1) is 10.1. The lowest BCUT2D eigenvalue weighted by molar-refractivity contribution is -0.126. The van der Waals surface area contributed by atoms with Gasteiger partial charge >= 0.3 is 0 Å². The molecule has 21 heavy (non-hydrogen) atoms. The first-order valence-electron chi connectivity index (χ1n) is 7.47. The van der Waals surface area contributed by atoms with Crippen LogP contribution in [0.15, 0.2) is 30.3 Å². The van der Waals surface area contributed by atoms with Gasteiger partial charge in [0.05, 0.1) is 6.61 Å². The minimum Gasteiger partial charge on any atom is -0.379 e. The molecule has 1 saturated heterocycles. The van der Waals surface area contributed by atoms with Crippen LogP contribution in [0.5, 0.6) is 0 Å². The zero-order chi connectivity index (χ0) is 15.1. The Labute approximate surface area is 126 Å². The predicted molar refractivity (Wildman–Crippen MR) is 82.8 cm³/mol. The van der Waals surface area contributed by atoms with E-state index in [-0.39, 0.29) is 5.91 Å². The van der Waals surface area contributed by atoms with Gasteiger partial charge in [0.1, 0.15) is 5.54 Å². The van der Waals surface area contributed by atoms with Crippen LogP contribution in [-0.2, 0) is 16.1 Å². The minimum atomic E-state index is -0.823. The van der Waals surface area contributed by atoms with Crippen LogP contribution in [0.3, 0.4) is 0 Å². The van der Waals surface area contributed by atoms with Crippen LogP contribution >= 0.6 is 0 Å². The topological polar surface area (TPSA) is 67.6 Å². The van der Waals surface area contributed by atoms with Gasteiger partial charge in [0.2, 0.25) is 5.91 Å². The Hall–Kier alpha value is -1.43. The summed E-state index contributed by atoms with van der Waals surface area (Å²) >= 11 is 0. The van der Waals surface area contributed by atoms with E-state index in [1.54, 1.807) is 0 Å². The lowest BCUT2D eigenvalue weighted by atomic mass is 9.99. The van der Waals surface area contributed by atoms with Crippen LogP contribution in [0, 0.1) is 0 Å². The minimum absolute atomic E-state index is 0.0919. The molecule has 1 atom stereocenters. The monoisotopic (exact) mass is 291 g/mol. The van der Waals surface area contributed by atoms with Crippen LogP contribution in [-0.4, -0.2) is 49.7 Å². The Morgan fingerprint density at radius 2 is 2.19 bits per heavy atom.